The van der Waals surface area contributed by atoms with Gasteiger partial charge in [-0.3, -0.25) is 0 Å². The van der Waals surface area contributed by atoms with Crippen molar-refractivity contribution < 1.29 is 4.74 Å². The average molecular weight is 233 g/mol. The van der Waals surface area contributed by atoms with Crippen LogP contribution < -0.4 is 10.1 Å². The van der Waals surface area contributed by atoms with Crippen molar-refractivity contribution in [3.63, 3.8) is 0 Å². The largest absolute Gasteiger partial charge is 0.491 e. The van der Waals surface area contributed by atoms with Gasteiger partial charge in [0.25, 0.3) is 0 Å². The van der Waals surface area contributed by atoms with Gasteiger partial charge in [-0.1, -0.05) is 18.6 Å². The molecule has 0 atom stereocenters. The van der Waals surface area contributed by atoms with Crippen LogP contribution in [-0.2, 0) is 6.54 Å². The van der Waals surface area contributed by atoms with E-state index in [2.05, 4.69) is 29.6 Å². The molecule has 17 heavy (non-hydrogen) atoms. The van der Waals surface area contributed by atoms with Crippen LogP contribution in [-0.4, -0.2) is 12.6 Å². The van der Waals surface area contributed by atoms with Crippen LogP contribution in [0.3, 0.4) is 0 Å². The van der Waals surface area contributed by atoms with Crippen LogP contribution in [0.5, 0.6) is 5.75 Å². The van der Waals surface area contributed by atoms with E-state index in [4.69, 9.17) is 4.74 Å². The highest BCUT2D eigenvalue weighted by Crippen LogP contribution is 2.25. The van der Waals surface area contributed by atoms with Gasteiger partial charge in [-0.15, -0.1) is 0 Å². The molecule has 2 rings (SSSR count). The van der Waals surface area contributed by atoms with Gasteiger partial charge in [0.15, 0.2) is 0 Å². The fourth-order valence-electron chi connectivity index (χ4n) is 2.08. The van der Waals surface area contributed by atoms with Crippen molar-refractivity contribution in [2.45, 2.75) is 45.8 Å². The summed E-state index contributed by atoms with van der Waals surface area (Å²) in [5.74, 6) is 1.89. The number of rotatable bonds is 6. The predicted octanol–water partition coefficient (Wildman–Crippen LogP) is 3.36. The quantitative estimate of drug-likeness (QED) is 0.813. The lowest BCUT2D eigenvalue weighted by Gasteiger charge is -2.25. The molecule has 0 bridgehead atoms. The molecule has 1 aromatic carbocycles. The van der Waals surface area contributed by atoms with Crippen molar-refractivity contribution >= 4 is 0 Å². The highest BCUT2D eigenvalue weighted by molar-refractivity contribution is 5.27. The highest BCUT2D eigenvalue weighted by atomic mass is 16.5. The molecule has 1 aliphatic rings. The molecule has 2 heteroatoms. The third kappa shape index (κ3) is 4.04. The Balaban J connectivity index is 1.72. The molecule has 2 nitrogen and oxygen atoms in total. The molecule has 1 aromatic rings. The molecule has 0 amide bonds. The Morgan fingerprint density at radius 1 is 1.24 bits per heavy atom. The molecule has 1 fully saturated rings. The van der Waals surface area contributed by atoms with E-state index < -0.39 is 0 Å². The standard InChI is InChI=1S/C15H23NO/c1-12(2)17-15-8-6-14(7-9-15)11-16-10-13-4-3-5-13/h6-9,12-13,16H,3-5,10-11H2,1-2H3. The number of ether oxygens (including phenoxy) is 1. The monoisotopic (exact) mass is 233 g/mol. The lowest BCUT2D eigenvalue weighted by atomic mass is 9.85. The van der Waals surface area contributed by atoms with Gasteiger partial charge in [0.05, 0.1) is 6.10 Å². The summed E-state index contributed by atoms with van der Waals surface area (Å²) in [6, 6.07) is 8.40. The Bertz CT molecular complexity index is 327. The van der Waals surface area contributed by atoms with Crippen molar-refractivity contribution in [1.29, 1.82) is 0 Å². The van der Waals surface area contributed by atoms with Gasteiger partial charge in [0.1, 0.15) is 5.75 Å². The second-order valence-electron chi connectivity index (χ2n) is 5.24. The first kappa shape index (κ1) is 12.4. The SMILES string of the molecule is CC(C)Oc1ccc(CNCC2CCC2)cc1. The fraction of sp³-hybridized carbons (Fsp3) is 0.600. The Hall–Kier alpha value is -1.02. The normalized spacial score (nSPS) is 15.9. The zero-order valence-electron chi connectivity index (χ0n) is 10.9. The van der Waals surface area contributed by atoms with Crippen LogP contribution in [0.25, 0.3) is 0 Å². The van der Waals surface area contributed by atoms with Gasteiger partial charge in [-0.05, 0) is 56.8 Å². The molecular formula is C15H23NO. The molecule has 1 saturated carbocycles. The van der Waals surface area contributed by atoms with E-state index in [0.29, 0.717) is 0 Å². The molecule has 1 aliphatic carbocycles. The molecule has 0 radical (unpaired) electrons. The summed E-state index contributed by atoms with van der Waals surface area (Å²) in [6.07, 6.45) is 4.49. The second kappa shape index (κ2) is 6.06. The highest BCUT2D eigenvalue weighted by Gasteiger charge is 2.16. The molecule has 1 N–H and O–H groups in total. The molecule has 0 saturated heterocycles. The van der Waals surface area contributed by atoms with Crippen molar-refractivity contribution in [3.05, 3.63) is 29.8 Å². The summed E-state index contributed by atoms with van der Waals surface area (Å²) in [7, 11) is 0. The van der Waals surface area contributed by atoms with E-state index >= 15 is 0 Å². The van der Waals surface area contributed by atoms with E-state index in [1.165, 1.54) is 31.4 Å². The maximum Gasteiger partial charge on any atom is 0.119 e. The zero-order valence-corrected chi connectivity index (χ0v) is 10.9. The maximum atomic E-state index is 5.62. The minimum Gasteiger partial charge on any atom is -0.491 e. The van der Waals surface area contributed by atoms with Crippen LogP contribution in [0, 0.1) is 5.92 Å². The summed E-state index contributed by atoms with van der Waals surface area (Å²) in [4.78, 5) is 0. The van der Waals surface area contributed by atoms with Gasteiger partial charge in [0.2, 0.25) is 0 Å². The van der Waals surface area contributed by atoms with E-state index in [1.807, 2.05) is 13.8 Å². The summed E-state index contributed by atoms with van der Waals surface area (Å²) in [6.45, 7) is 6.24. The van der Waals surface area contributed by atoms with E-state index in [-0.39, 0.29) is 6.10 Å². The van der Waals surface area contributed by atoms with Crippen molar-refractivity contribution in [3.8, 4) is 5.75 Å². The third-order valence-corrected chi connectivity index (χ3v) is 3.28. The van der Waals surface area contributed by atoms with Crippen LogP contribution in [0.15, 0.2) is 24.3 Å². The minimum absolute atomic E-state index is 0.248. The average Bonchev–Trinajstić information content (AvgIpc) is 2.23. The Morgan fingerprint density at radius 3 is 2.47 bits per heavy atom. The first-order valence-corrected chi connectivity index (χ1v) is 6.70. The number of hydrogen-bond donors (Lipinski definition) is 1. The molecule has 94 valence electrons. The van der Waals surface area contributed by atoms with E-state index in [9.17, 15) is 0 Å². The van der Waals surface area contributed by atoms with Gasteiger partial charge < -0.3 is 10.1 Å². The summed E-state index contributed by atoms with van der Waals surface area (Å²) in [5, 5.41) is 3.52. The minimum atomic E-state index is 0.248. The second-order valence-corrected chi connectivity index (χ2v) is 5.24. The molecular weight excluding hydrogens is 210 g/mol. The predicted molar refractivity (Wildman–Crippen MR) is 71.3 cm³/mol. The van der Waals surface area contributed by atoms with E-state index in [0.717, 1.165) is 18.2 Å². The summed E-state index contributed by atoms with van der Waals surface area (Å²) in [5.41, 5.74) is 1.33. The molecule has 0 spiro atoms. The van der Waals surface area contributed by atoms with Crippen LogP contribution in [0.2, 0.25) is 0 Å². The number of nitrogens with one attached hydrogen (secondary N) is 1. The van der Waals surface area contributed by atoms with Gasteiger partial charge in [0, 0.05) is 6.54 Å². The van der Waals surface area contributed by atoms with Crippen LogP contribution in [0.4, 0.5) is 0 Å². The lowest BCUT2D eigenvalue weighted by Crippen LogP contribution is -2.26. The third-order valence-electron chi connectivity index (χ3n) is 3.28. The molecule has 0 aromatic heterocycles. The topological polar surface area (TPSA) is 21.3 Å². The molecule has 0 aliphatic heterocycles. The van der Waals surface area contributed by atoms with Crippen molar-refractivity contribution in [1.82, 2.24) is 5.32 Å². The van der Waals surface area contributed by atoms with Crippen LogP contribution in [0.1, 0.15) is 38.7 Å². The molecule has 0 unspecified atom stereocenters. The lowest BCUT2D eigenvalue weighted by molar-refractivity contribution is 0.242. The first-order valence-electron chi connectivity index (χ1n) is 6.70. The van der Waals surface area contributed by atoms with Gasteiger partial charge in [-0.2, -0.15) is 0 Å². The van der Waals surface area contributed by atoms with E-state index in [1.54, 1.807) is 0 Å². The summed E-state index contributed by atoms with van der Waals surface area (Å²) >= 11 is 0. The fourth-order valence-corrected chi connectivity index (χ4v) is 2.08. The van der Waals surface area contributed by atoms with Crippen molar-refractivity contribution in [2.24, 2.45) is 5.92 Å². The number of hydrogen-bond acceptors (Lipinski definition) is 2. The van der Waals surface area contributed by atoms with Crippen molar-refractivity contribution in [2.75, 3.05) is 6.54 Å². The van der Waals surface area contributed by atoms with Gasteiger partial charge >= 0.3 is 0 Å². The zero-order chi connectivity index (χ0) is 12.1. The maximum absolute atomic E-state index is 5.62. The van der Waals surface area contributed by atoms with Gasteiger partial charge in [-0.25, -0.2) is 0 Å². The van der Waals surface area contributed by atoms with Crippen LogP contribution >= 0.6 is 0 Å². The Kier molecular flexibility index (Phi) is 4.43. The Morgan fingerprint density at radius 2 is 1.94 bits per heavy atom. The Labute approximate surface area is 104 Å². The first-order chi connectivity index (χ1) is 8.24. The smallest absolute Gasteiger partial charge is 0.119 e. The molecule has 0 heterocycles. The summed E-state index contributed by atoms with van der Waals surface area (Å²) < 4.78 is 5.62. The number of benzene rings is 1.